The van der Waals surface area contributed by atoms with Crippen molar-refractivity contribution in [3.8, 4) is 0 Å². The van der Waals surface area contributed by atoms with Crippen LogP contribution >= 0.6 is 0 Å². The zero-order valence-corrected chi connectivity index (χ0v) is 13.9. The van der Waals surface area contributed by atoms with Crippen molar-refractivity contribution in [3.05, 3.63) is 35.4 Å². The molecule has 1 amide bonds. The quantitative estimate of drug-likeness (QED) is 0.812. The highest BCUT2D eigenvalue weighted by Crippen LogP contribution is 2.09. The summed E-state index contributed by atoms with van der Waals surface area (Å²) in [6.07, 6.45) is 3.28. The van der Waals surface area contributed by atoms with Crippen LogP contribution in [0.1, 0.15) is 44.2 Å². The summed E-state index contributed by atoms with van der Waals surface area (Å²) in [6.45, 7) is 9.08. The molecule has 0 bridgehead atoms. The molecule has 1 aliphatic heterocycles. The van der Waals surface area contributed by atoms with Crippen LogP contribution < -0.4 is 10.6 Å². The summed E-state index contributed by atoms with van der Waals surface area (Å²) in [5, 5.41) is 6.32. The highest BCUT2D eigenvalue weighted by Gasteiger charge is 2.19. The number of piperidine rings is 1. The van der Waals surface area contributed by atoms with Gasteiger partial charge in [-0.2, -0.15) is 0 Å². The Hall–Kier alpha value is -1.39. The van der Waals surface area contributed by atoms with Gasteiger partial charge in [0.2, 0.25) is 5.91 Å². The molecule has 1 atom stereocenters. The van der Waals surface area contributed by atoms with E-state index >= 15 is 0 Å². The Labute approximate surface area is 134 Å². The molecule has 1 saturated heterocycles. The first-order valence-corrected chi connectivity index (χ1v) is 8.54. The van der Waals surface area contributed by atoms with Crippen molar-refractivity contribution in [2.45, 2.75) is 52.2 Å². The van der Waals surface area contributed by atoms with Crippen LogP contribution in [0.15, 0.2) is 24.3 Å². The number of rotatable bonds is 7. The van der Waals surface area contributed by atoms with Gasteiger partial charge in [-0.1, -0.05) is 44.5 Å². The van der Waals surface area contributed by atoms with Crippen LogP contribution in [0.25, 0.3) is 0 Å². The molecule has 0 radical (unpaired) electrons. The lowest BCUT2D eigenvalue weighted by atomic mass is 10.0. The van der Waals surface area contributed by atoms with E-state index in [1.54, 1.807) is 0 Å². The first-order chi connectivity index (χ1) is 10.7. The number of hydrogen-bond donors (Lipinski definition) is 2. The van der Waals surface area contributed by atoms with Gasteiger partial charge in [-0.15, -0.1) is 0 Å². The third kappa shape index (κ3) is 5.11. The van der Waals surface area contributed by atoms with E-state index in [9.17, 15) is 4.79 Å². The molecule has 4 nitrogen and oxygen atoms in total. The van der Waals surface area contributed by atoms with E-state index in [-0.39, 0.29) is 11.9 Å². The van der Waals surface area contributed by atoms with Crippen LogP contribution in [0.4, 0.5) is 0 Å². The SMILES string of the molecule is CCN(CC)Cc1ccc(CNC(=O)C2CCCCN2)cc1. The highest BCUT2D eigenvalue weighted by atomic mass is 16.2. The Bertz CT molecular complexity index is 448. The molecule has 1 aromatic rings. The molecule has 4 heteroatoms. The molecule has 1 aromatic carbocycles. The molecule has 0 aliphatic carbocycles. The van der Waals surface area contributed by atoms with E-state index in [4.69, 9.17) is 0 Å². The van der Waals surface area contributed by atoms with Gasteiger partial charge < -0.3 is 10.6 Å². The fourth-order valence-electron chi connectivity index (χ4n) is 2.86. The normalized spacial score (nSPS) is 18.4. The number of carbonyl (C=O) groups is 1. The molecule has 1 fully saturated rings. The second-order valence-corrected chi connectivity index (χ2v) is 6.00. The van der Waals surface area contributed by atoms with Crippen LogP contribution in [0.3, 0.4) is 0 Å². The third-order valence-electron chi connectivity index (χ3n) is 4.42. The molecule has 1 heterocycles. The average molecular weight is 303 g/mol. The zero-order chi connectivity index (χ0) is 15.8. The number of hydrogen-bond acceptors (Lipinski definition) is 3. The summed E-state index contributed by atoms with van der Waals surface area (Å²) < 4.78 is 0. The van der Waals surface area contributed by atoms with Crippen molar-refractivity contribution >= 4 is 5.91 Å². The van der Waals surface area contributed by atoms with E-state index < -0.39 is 0 Å². The van der Waals surface area contributed by atoms with Gasteiger partial charge in [0, 0.05) is 13.1 Å². The van der Waals surface area contributed by atoms with E-state index in [2.05, 4.69) is 53.6 Å². The first-order valence-electron chi connectivity index (χ1n) is 8.54. The number of amides is 1. The molecular formula is C18H29N3O. The summed E-state index contributed by atoms with van der Waals surface area (Å²) in [5.74, 6) is 0.131. The van der Waals surface area contributed by atoms with Crippen molar-refractivity contribution in [2.24, 2.45) is 0 Å². The Morgan fingerprint density at radius 3 is 2.45 bits per heavy atom. The molecule has 2 rings (SSSR count). The molecular weight excluding hydrogens is 274 g/mol. The molecule has 0 saturated carbocycles. The van der Waals surface area contributed by atoms with Crippen LogP contribution in [-0.2, 0) is 17.9 Å². The second kappa shape index (κ2) is 8.91. The number of carbonyl (C=O) groups excluding carboxylic acids is 1. The maximum absolute atomic E-state index is 12.1. The van der Waals surface area contributed by atoms with Gasteiger partial charge in [-0.3, -0.25) is 9.69 Å². The van der Waals surface area contributed by atoms with E-state index in [1.165, 1.54) is 12.0 Å². The van der Waals surface area contributed by atoms with Crippen LogP contribution in [0, 0.1) is 0 Å². The number of nitrogens with one attached hydrogen (secondary N) is 2. The van der Waals surface area contributed by atoms with E-state index in [0.717, 1.165) is 44.6 Å². The van der Waals surface area contributed by atoms with Gasteiger partial charge >= 0.3 is 0 Å². The topological polar surface area (TPSA) is 44.4 Å². The molecule has 22 heavy (non-hydrogen) atoms. The third-order valence-corrected chi connectivity index (χ3v) is 4.42. The van der Waals surface area contributed by atoms with E-state index in [1.807, 2.05) is 0 Å². The molecule has 1 unspecified atom stereocenters. The zero-order valence-electron chi connectivity index (χ0n) is 13.9. The molecule has 2 N–H and O–H groups in total. The molecule has 0 spiro atoms. The largest absolute Gasteiger partial charge is 0.351 e. The predicted molar refractivity (Wildman–Crippen MR) is 90.6 cm³/mol. The van der Waals surface area contributed by atoms with Crippen molar-refractivity contribution in [1.82, 2.24) is 15.5 Å². The lowest BCUT2D eigenvalue weighted by Gasteiger charge is -2.22. The van der Waals surface area contributed by atoms with Crippen LogP contribution in [0.5, 0.6) is 0 Å². The Balaban J connectivity index is 1.79. The summed E-state index contributed by atoms with van der Waals surface area (Å²) >= 11 is 0. The second-order valence-electron chi connectivity index (χ2n) is 6.00. The van der Waals surface area contributed by atoms with Crippen molar-refractivity contribution in [2.75, 3.05) is 19.6 Å². The fraction of sp³-hybridized carbons (Fsp3) is 0.611. The maximum atomic E-state index is 12.1. The lowest BCUT2D eigenvalue weighted by molar-refractivity contribution is -0.123. The van der Waals surface area contributed by atoms with Crippen LogP contribution in [0.2, 0.25) is 0 Å². The van der Waals surface area contributed by atoms with Gasteiger partial charge in [0.1, 0.15) is 0 Å². The smallest absolute Gasteiger partial charge is 0.237 e. The summed E-state index contributed by atoms with van der Waals surface area (Å²) in [6, 6.07) is 8.56. The first kappa shape index (κ1) is 17.0. The summed E-state index contributed by atoms with van der Waals surface area (Å²) in [7, 11) is 0. The molecule has 0 aromatic heterocycles. The highest BCUT2D eigenvalue weighted by molar-refractivity contribution is 5.81. The summed E-state index contributed by atoms with van der Waals surface area (Å²) in [4.78, 5) is 14.5. The maximum Gasteiger partial charge on any atom is 0.237 e. The van der Waals surface area contributed by atoms with Gasteiger partial charge in [0.15, 0.2) is 0 Å². The lowest BCUT2D eigenvalue weighted by Crippen LogP contribution is -2.46. The monoisotopic (exact) mass is 303 g/mol. The minimum atomic E-state index is -0.00399. The van der Waals surface area contributed by atoms with Crippen molar-refractivity contribution < 1.29 is 4.79 Å². The van der Waals surface area contributed by atoms with Gasteiger partial charge in [0.05, 0.1) is 6.04 Å². The minimum absolute atomic E-state index is 0.00399. The molecule has 1 aliphatic rings. The van der Waals surface area contributed by atoms with Gasteiger partial charge in [0.25, 0.3) is 0 Å². The van der Waals surface area contributed by atoms with Crippen LogP contribution in [-0.4, -0.2) is 36.5 Å². The predicted octanol–water partition coefficient (Wildman–Crippen LogP) is 2.29. The minimum Gasteiger partial charge on any atom is -0.351 e. The number of benzene rings is 1. The van der Waals surface area contributed by atoms with E-state index in [0.29, 0.717) is 6.54 Å². The van der Waals surface area contributed by atoms with Gasteiger partial charge in [-0.25, -0.2) is 0 Å². The van der Waals surface area contributed by atoms with Crippen molar-refractivity contribution in [3.63, 3.8) is 0 Å². The average Bonchev–Trinajstić information content (AvgIpc) is 2.59. The Kier molecular flexibility index (Phi) is 6.87. The standard InChI is InChI=1S/C18H29N3O/c1-3-21(4-2)14-16-10-8-15(9-11-16)13-20-18(22)17-7-5-6-12-19-17/h8-11,17,19H,3-7,12-14H2,1-2H3,(H,20,22). The summed E-state index contributed by atoms with van der Waals surface area (Å²) in [5.41, 5.74) is 2.49. The van der Waals surface area contributed by atoms with Gasteiger partial charge in [-0.05, 0) is 43.6 Å². The van der Waals surface area contributed by atoms with Crippen molar-refractivity contribution in [1.29, 1.82) is 0 Å². The number of nitrogens with zero attached hydrogens (tertiary/aromatic N) is 1. The fourth-order valence-corrected chi connectivity index (χ4v) is 2.86. The Morgan fingerprint density at radius 2 is 1.86 bits per heavy atom. The Morgan fingerprint density at radius 1 is 1.18 bits per heavy atom. The molecule has 122 valence electrons.